The summed E-state index contributed by atoms with van der Waals surface area (Å²) in [6.07, 6.45) is 11.8. The van der Waals surface area contributed by atoms with E-state index in [0.29, 0.717) is 18.6 Å². The quantitative estimate of drug-likeness (QED) is 0.276. The molecule has 3 aliphatic rings. The molecular formula is C29H47NO5. The van der Waals surface area contributed by atoms with Gasteiger partial charge in [0.2, 0.25) is 0 Å². The number of hydrogen-bond donors (Lipinski definition) is 1. The molecular weight excluding hydrogens is 442 g/mol. The Balaban J connectivity index is 1.71. The van der Waals surface area contributed by atoms with Gasteiger partial charge in [-0.15, -0.1) is 0 Å². The number of fused-ring (bicyclic) bond motifs is 3. The average molecular weight is 490 g/mol. The molecule has 0 bridgehead atoms. The Hall–Kier alpha value is -1.34. The van der Waals surface area contributed by atoms with Crippen molar-refractivity contribution in [1.82, 2.24) is 5.32 Å². The van der Waals surface area contributed by atoms with Crippen LogP contribution in [0.4, 0.5) is 0 Å². The van der Waals surface area contributed by atoms with E-state index in [0.717, 1.165) is 50.1 Å². The molecule has 0 amide bonds. The minimum Gasteiger partial charge on any atom is -0.487 e. The lowest BCUT2D eigenvalue weighted by Crippen LogP contribution is -2.48. The fourth-order valence-electron chi connectivity index (χ4n) is 6.79. The van der Waals surface area contributed by atoms with Gasteiger partial charge in [-0.1, -0.05) is 32.6 Å². The third kappa shape index (κ3) is 5.82. The number of benzene rings is 1. The smallest absolute Gasteiger partial charge is 0.188 e. The lowest BCUT2D eigenvalue weighted by atomic mass is 9.65. The van der Waals surface area contributed by atoms with Gasteiger partial charge in [-0.25, -0.2) is 0 Å². The molecule has 35 heavy (non-hydrogen) atoms. The van der Waals surface area contributed by atoms with Crippen LogP contribution in [0.5, 0.6) is 11.5 Å². The number of unbranched alkanes of at least 4 members (excludes halogenated alkanes) is 3. The highest BCUT2D eigenvalue weighted by Gasteiger charge is 2.49. The van der Waals surface area contributed by atoms with Crippen LogP contribution in [0.1, 0.15) is 102 Å². The topological polar surface area (TPSA) is 58.2 Å². The van der Waals surface area contributed by atoms with Crippen molar-refractivity contribution < 1.29 is 23.7 Å². The first-order chi connectivity index (χ1) is 16.9. The van der Waals surface area contributed by atoms with Crippen molar-refractivity contribution in [3.8, 4) is 11.5 Å². The second-order valence-electron chi connectivity index (χ2n) is 11.3. The number of methoxy groups -OCH3 is 2. The van der Waals surface area contributed by atoms with Crippen LogP contribution in [0.3, 0.4) is 0 Å². The summed E-state index contributed by atoms with van der Waals surface area (Å²) in [6, 6.07) is 4.61. The zero-order chi connectivity index (χ0) is 24.9. The third-order valence-electron chi connectivity index (χ3n) is 8.55. The van der Waals surface area contributed by atoms with Gasteiger partial charge < -0.3 is 29.0 Å². The number of ether oxygens (including phenoxy) is 5. The van der Waals surface area contributed by atoms with Crippen molar-refractivity contribution in [1.29, 1.82) is 0 Å². The first-order valence-corrected chi connectivity index (χ1v) is 13.8. The lowest BCUT2D eigenvalue weighted by molar-refractivity contribution is -0.105. The minimum absolute atomic E-state index is 0.00498. The largest absolute Gasteiger partial charge is 0.487 e. The zero-order valence-corrected chi connectivity index (χ0v) is 22.6. The van der Waals surface area contributed by atoms with Gasteiger partial charge in [0.05, 0.1) is 6.10 Å². The average Bonchev–Trinajstić information content (AvgIpc) is 3.33. The highest BCUT2D eigenvalue weighted by Crippen LogP contribution is 2.56. The molecule has 2 fully saturated rings. The molecule has 4 atom stereocenters. The normalized spacial score (nSPS) is 29.3. The molecule has 2 heterocycles. The second-order valence-corrected chi connectivity index (χ2v) is 11.3. The van der Waals surface area contributed by atoms with Gasteiger partial charge in [-0.3, -0.25) is 0 Å². The highest BCUT2D eigenvalue weighted by molar-refractivity contribution is 5.54. The Kier molecular flexibility index (Phi) is 9.01. The van der Waals surface area contributed by atoms with E-state index >= 15 is 0 Å². The predicted octanol–water partition coefficient (Wildman–Crippen LogP) is 6.26. The van der Waals surface area contributed by atoms with E-state index in [2.05, 4.69) is 38.2 Å². The van der Waals surface area contributed by atoms with E-state index in [9.17, 15) is 0 Å². The van der Waals surface area contributed by atoms with E-state index in [4.69, 9.17) is 23.7 Å². The van der Waals surface area contributed by atoms with Crippen molar-refractivity contribution in [2.45, 2.75) is 108 Å². The fraction of sp³-hybridized carbons (Fsp3) is 0.793. The minimum atomic E-state index is -0.238. The molecule has 6 heteroatoms. The van der Waals surface area contributed by atoms with Gasteiger partial charge in [0.15, 0.2) is 6.79 Å². The molecule has 0 aromatic heterocycles. The summed E-state index contributed by atoms with van der Waals surface area (Å²) in [4.78, 5) is 0. The Morgan fingerprint density at radius 3 is 2.60 bits per heavy atom. The zero-order valence-electron chi connectivity index (χ0n) is 22.6. The Morgan fingerprint density at radius 1 is 1.06 bits per heavy atom. The molecule has 0 spiro atoms. The molecule has 1 saturated heterocycles. The second kappa shape index (κ2) is 11.8. The van der Waals surface area contributed by atoms with Crippen LogP contribution in [0.15, 0.2) is 12.1 Å². The monoisotopic (exact) mass is 489 g/mol. The number of nitrogens with one attached hydrogen (secondary N) is 1. The molecule has 1 aromatic rings. The van der Waals surface area contributed by atoms with Crippen molar-refractivity contribution in [2.24, 2.45) is 5.92 Å². The molecule has 198 valence electrons. The van der Waals surface area contributed by atoms with Gasteiger partial charge in [-0.05, 0) is 76.6 Å². The van der Waals surface area contributed by atoms with Crippen LogP contribution in [0.2, 0.25) is 0 Å². The van der Waals surface area contributed by atoms with E-state index < -0.39 is 0 Å². The van der Waals surface area contributed by atoms with Crippen LogP contribution in [-0.2, 0) is 19.7 Å². The van der Waals surface area contributed by atoms with Crippen LogP contribution >= 0.6 is 0 Å². The molecule has 2 aliphatic heterocycles. The Bertz CT molecular complexity index is 820. The summed E-state index contributed by atoms with van der Waals surface area (Å²) in [5.41, 5.74) is 2.25. The van der Waals surface area contributed by atoms with Crippen molar-refractivity contribution in [3.63, 3.8) is 0 Å². The molecule has 6 nitrogen and oxygen atoms in total. The van der Waals surface area contributed by atoms with E-state index in [1.165, 1.54) is 43.2 Å². The molecule has 4 rings (SSSR count). The molecule has 1 N–H and O–H groups in total. The predicted molar refractivity (Wildman–Crippen MR) is 138 cm³/mol. The van der Waals surface area contributed by atoms with Crippen LogP contribution in [0, 0.1) is 5.92 Å². The van der Waals surface area contributed by atoms with Crippen LogP contribution in [0.25, 0.3) is 0 Å². The highest BCUT2D eigenvalue weighted by atomic mass is 16.7. The maximum Gasteiger partial charge on any atom is 0.188 e. The van der Waals surface area contributed by atoms with Crippen molar-refractivity contribution in [3.05, 3.63) is 23.3 Å². The van der Waals surface area contributed by atoms with Crippen molar-refractivity contribution >= 4 is 0 Å². The number of rotatable bonds is 12. The first kappa shape index (κ1) is 26.7. The van der Waals surface area contributed by atoms with Crippen LogP contribution < -0.4 is 14.8 Å². The maximum atomic E-state index is 6.80. The maximum absolute atomic E-state index is 6.80. The summed E-state index contributed by atoms with van der Waals surface area (Å²) in [5.74, 6) is 2.64. The lowest BCUT2D eigenvalue weighted by Gasteiger charge is -2.49. The first-order valence-electron chi connectivity index (χ1n) is 13.8. The third-order valence-corrected chi connectivity index (χ3v) is 8.55. The van der Waals surface area contributed by atoms with Crippen molar-refractivity contribution in [2.75, 3.05) is 34.4 Å². The Labute approximate surface area is 212 Å². The summed E-state index contributed by atoms with van der Waals surface area (Å²) >= 11 is 0. The van der Waals surface area contributed by atoms with Gasteiger partial charge in [-0.2, -0.15) is 0 Å². The van der Waals surface area contributed by atoms with E-state index in [1.54, 1.807) is 14.2 Å². The molecule has 0 radical (unpaired) electrons. The molecule has 1 aliphatic carbocycles. The van der Waals surface area contributed by atoms with Crippen LogP contribution in [-0.4, -0.2) is 46.1 Å². The van der Waals surface area contributed by atoms with E-state index in [-0.39, 0.29) is 24.0 Å². The fourth-order valence-corrected chi connectivity index (χ4v) is 6.79. The summed E-state index contributed by atoms with van der Waals surface area (Å²) in [6.45, 7) is 8.41. The van der Waals surface area contributed by atoms with Gasteiger partial charge in [0, 0.05) is 37.2 Å². The molecule has 1 unspecified atom stereocenters. The summed E-state index contributed by atoms with van der Waals surface area (Å²) in [7, 11) is 3.37. The molecule has 1 aromatic carbocycles. The Morgan fingerprint density at radius 2 is 1.89 bits per heavy atom. The van der Waals surface area contributed by atoms with Gasteiger partial charge in [0.25, 0.3) is 0 Å². The van der Waals surface area contributed by atoms with E-state index in [1.807, 2.05) is 0 Å². The van der Waals surface area contributed by atoms with Gasteiger partial charge >= 0.3 is 0 Å². The SMILES string of the molecule is CCCCCCC1(c2cc(OCOC)c3c(c2)OC(C)(C)[C@@H]2CC[C@@H](OCOC)C[C@@H]32)CCCN1. The standard InChI is InChI=1S/C29H47NO5/c1-6-7-8-9-13-29(14-10-15-30-29)21-16-25(34-20-32-5)27-23-18-22(33-19-31-4)11-12-24(23)28(2,3)35-26(27)17-21/h16-17,22-24,30H,6-15,18-20H2,1-5H3/t22-,23-,24-,29?/m1/s1. The van der Waals surface area contributed by atoms with Gasteiger partial charge in [0.1, 0.15) is 23.9 Å². The molecule has 1 saturated carbocycles. The summed E-state index contributed by atoms with van der Waals surface area (Å²) < 4.78 is 29.7. The number of hydrogen-bond acceptors (Lipinski definition) is 6. The summed E-state index contributed by atoms with van der Waals surface area (Å²) in [5, 5.41) is 3.88.